The van der Waals surface area contributed by atoms with Gasteiger partial charge in [-0.05, 0) is 32.9 Å². The standard InChI is InChI=1S/C14H29N3O2S.HI/c1-14(2,20-5)11-17-13(15-3)16-10-8-6-7-9-12(18)19-4;/h6-11H2,1-5H3,(H2,15,16,17);1H. The minimum atomic E-state index is -0.130. The Morgan fingerprint density at radius 1 is 1.24 bits per heavy atom. The number of nitrogens with one attached hydrogen (secondary N) is 2. The fraction of sp³-hybridized carbons (Fsp3) is 0.857. The van der Waals surface area contributed by atoms with Crippen LogP contribution in [-0.2, 0) is 9.53 Å². The van der Waals surface area contributed by atoms with Gasteiger partial charge in [0, 0.05) is 31.3 Å². The van der Waals surface area contributed by atoms with Gasteiger partial charge in [-0.25, -0.2) is 0 Å². The second-order valence-electron chi connectivity index (χ2n) is 5.20. The van der Waals surface area contributed by atoms with Crippen LogP contribution in [0.5, 0.6) is 0 Å². The van der Waals surface area contributed by atoms with E-state index in [-0.39, 0.29) is 34.7 Å². The smallest absolute Gasteiger partial charge is 0.305 e. The van der Waals surface area contributed by atoms with E-state index in [9.17, 15) is 4.79 Å². The van der Waals surface area contributed by atoms with Crippen molar-refractivity contribution in [1.29, 1.82) is 0 Å². The Balaban J connectivity index is 0. The quantitative estimate of drug-likeness (QED) is 0.193. The molecule has 2 N–H and O–H groups in total. The van der Waals surface area contributed by atoms with Crippen LogP contribution in [-0.4, -0.2) is 50.2 Å². The molecule has 126 valence electrons. The van der Waals surface area contributed by atoms with Gasteiger partial charge in [0.25, 0.3) is 0 Å². The summed E-state index contributed by atoms with van der Waals surface area (Å²) in [5.41, 5.74) is 0. The van der Waals surface area contributed by atoms with Crippen LogP contribution in [0.25, 0.3) is 0 Å². The van der Waals surface area contributed by atoms with Crippen LogP contribution in [0.4, 0.5) is 0 Å². The minimum Gasteiger partial charge on any atom is -0.469 e. The van der Waals surface area contributed by atoms with Gasteiger partial charge in [0.05, 0.1) is 7.11 Å². The molecule has 5 nitrogen and oxygen atoms in total. The Labute approximate surface area is 150 Å². The number of hydrogen-bond acceptors (Lipinski definition) is 4. The molecule has 0 atom stereocenters. The number of nitrogens with zero attached hydrogens (tertiary/aromatic N) is 1. The summed E-state index contributed by atoms with van der Waals surface area (Å²) in [7, 11) is 3.20. The van der Waals surface area contributed by atoms with Gasteiger partial charge < -0.3 is 15.4 Å². The molecule has 0 aromatic heterocycles. The number of unbranched alkanes of at least 4 members (excludes halogenated alkanes) is 2. The molecule has 0 bridgehead atoms. The van der Waals surface area contributed by atoms with Crippen molar-refractivity contribution in [3.05, 3.63) is 0 Å². The molecule has 0 saturated carbocycles. The van der Waals surface area contributed by atoms with Crippen molar-refractivity contribution in [3.63, 3.8) is 0 Å². The molecule has 0 fully saturated rings. The van der Waals surface area contributed by atoms with Crippen LogP contribution in [0.15, 0.2) is 4.99 Å². The molecule has 21 heavy (non-hydrogen) atoms. The van der Waals surface area contributed by atoms with Crippen LogP contribution >= 0.6 is 35.7 Å². The Bertz CT molecular complexity index is 313. The maximum absolute atomic E-state index is 10.9. The van der Waals surface area contributed by atoms with E-state index in [1.165, 1.54) is 7.11 Å². The lowest BCUT2D eigenvalue weighted by molar-refractivity contribution is -0.140. The predicted octanol–water partition coefficient (Wildman–Crippen LogP) is 2.64. The number of guanidine groups is 1. The number of rotatable bonds is 9. The first-order chi connectivity index (χ1) is 9.45. The van der Waals surface area contributed by atoms with Gasteiger partial charge in [-0.1, -0.05) is 6.42 Å². The van der Waals surface area contributed by atoms with Gasteiger partial charge in [-0.15, -0.1) is 24.0 Å². The highest BCUT2D eigenvalue weighted by Gasteiger charge is 2.15. The first-order valence-electron chi connectivity index (χ1n) is 7.01. The van der Waals surface area contributed by atoms with Crippen molar-refractivity contribution >= 4 is 47.7 Å². The van der Waals surface area contributed by atoms with Crippen LogP contribution in [0, 0.1) is 0 Å². The average Bonchev–Trinajstić information content (AvgIpc) is 2.45. The lowest BCUT2D eigenvalue weighted by Crippen LogP contribution is -2.43. The van der Waals surface area contributed by atoms with Crippen molar-refractivity contribution in [2.75, 3.05) is 33.5 Å². The highest BCUT2D eigenvalue weighted by Crippen LogP contribution is 2.19. The second-order valence-corrected chi connectivity index (χ2v) is 6.72. The molecule has 0 heterocycles. The fourth-order valence-corrected chi connectivity index (χ4v) is 1.69. The van der Waals surface area contributed by atoms with Gasteiger partial charge in [0.15, 0.2) is 5.96 Å². The topological polar surface area (TPSA) is 62.7 Å². The molecule has 0 aromatic rings. The summed E-state index contributed by atoms with van der Waals surface area (Å²) in [5.74, 6) is 0.704. The molecule has 0 aliphatic carbocycles. The maximum Gasteiger partial charge on any atom is 0.305 e. The van der Waals surface area contributed by atoms with E-state index < -0.39 is 0 Å². The molecule has 7 heteroatoms. The number of carbonyl (C=O) groups excluding carboxylic acids is 1. The molecule has 0 radical (unpaired) electrons. The SMILES string of the molecule is CN=C(NCCCCCC(=O)OC)NCC(C)(C)SC.I. The summed E-state index contributed by atoms with van der Waals surface area (Å²) in [5, 5.41) is 6.60. The number of carbonyl (C=O) groups is 1. The monoisotopic (exact) mass is 431 g/mol. The number of aliphatic imine (C=N–C) groups is 1. The van der Waals surface area contributed by atoms with E-state index in [0.717, 1.165) is 38.3 Å². The molecule has 0 aromatic carbocycles. The second kappa shape index (κ2) is 13.5. The largest absolute Gasteiger partial charge is 0.469 e. The van der Waals surface area contributed by atoms with Gasteiger partial charge in [0.2, 0.25) is 0 Å². The number of methoxy groups -OCH3 is 1. The lowest BCUT2D eigenvalue weighted by atomic mass is 10.2. The van der Waals surface area contributed by atoms with Gasteiger partial charge in [-0.3, -0.25) is 9.79 Å². The van der Waals surface area contributed by atoms with Crippen molar-refractivity contribution in [3.8, 4) is 0 Å². The van der Waals surface area contributed by atoms with Gasteiger partial charge >= 0.3 is 5.97 Å². The zero-order valence-electron chi connectivity index (χ0n) is 13.8. The van der Waals surface area contributed by atoms with Crippen LogP contribution in [0.1, 0.15) is 39.5 Å². The Morgan fingerprint density at radius 2 is 1.90 bits per heavy atom. The summed E-state index contributed by atoms with van der Waals surface area (Å²) in [6.07, 6.45) is 5.52. The first kappa shape index (κ1) is 23.1. The summed E-state index contributed by atoms with van der Waals surface area (Å²) < 4.78 is 4.79. The van der Waals surface area contributed by atoms with E-state index in [1.54, 1.807) is 7.05 Å². The summed E-state index contributed by atoms with van der Waals surface area (Å²) in [4.78, 5) is 15.1. The number of hydrogen-bond donors (Lipinski definition) is 2. The molecule has 0 spiro atoms. The molecule has 0 aliphatic heterocycles. The Kier molecular flexibility index (Phi) is 14.8. The van der Waals surface area contributed by atoms with E-state index in [4.69, 9.17) is 0 Å². The lowest BCUT2D eigenvalue weighted by Gasteiger charge is -2.23. The zero-order chi connectivity index (χ0) is 15.4. The van der Waals surface area contributed by atoms with E-state index in [2.05, 4.69) is 40.5 Å². The van der Waals surface area contributed by atoms with Crippen molar-refractivity contribution < 1.29 is 9.53 Å². The Hall–Kier alpha value is -0.180. The van der Waals surface area contributed by atoms with Crippen LogP contribution in [0.3, 0.4) is 0 Å². The molecule has 0 aliphatic rings. The fourth-order valence-electron chi connectivity index (χ4n) is 1.47. The Morgan fingerprint density at radius 3 is 2.43 bits per heavy atom. The van der Waals surface area contributed by atoms with Crippen molar-refractivity contribution in [2.45, 2.75) is 44.3 Å². The summed E-state index contributed by atoms with van der Waals surface area (Å²) >= 11 is 1.83. The molecular formula is C14H30IN3O2S. The average molecular weight is 431 g/mol. The van der Waals surface area contributed by atoms with Crippen molar-refractivity contribution in [2.24, 2.45) is 4.99 Å². The number of ether oxygens (including phenoxy) is 1. The molecule has 0 unspecified atom stereocenters. The first-order valence-corrected chi connectivity index (χ1v) is 8.24. The maximum atomic E-state index is 10.9. The third kappa shape index (κ3) is 13.2. The van der Waals surface area contributed by atoms with E-state index in [0.29, 0.717) is 6.42 Å². The number of thioether (sulfide) groups is 1. The summed E-state index contributed by atoms with van der Waals surface area (Å²) in [6.45, 7) is 6.13. The predicted molar refractivity (Wildman–Crippen MR) is 103 cm³/mol. The molecule has 0 saturated heterocycles. The zero-order valence-corrected chi connectivity index (χ0v) is 17.0. The molecule has 0 rings (SSSR count). The summed E-state index contributed by atoms with van der Waals surface area (Å²) in [6, 6.07) is 0. The van der Waals surface area contributed by atoms with Crippen LogP contribution in [0.2, 0.25) is 0 Å². The molecular weight excluding hydrogens is 401 g/mol. The number of halogens is 1. The third-order valence-corrected chi connectivity index (χ3v) is 4.29. The highest BCUT2D eigenvalue weighted by molar-refractivity contribution is 14.0. The van der Waals surface area contributed by atoms with Crippen molar-refractivity contribution in [1.82, 2.24) is 10.6 Å². The minimum absolute atomic E-state index is 0. The van der Waals surface area contributed by atoms with Gasteiger partial charge in [-0.2, -0.15) is 11.8 Å². The molecule has 0 amide bonds. The van der Waals surface area contributed by atoms with E-state index >= 15 is 0 Å². The van der Waals surface area contributed by atoms with Crippen LogP contribution < -0.4 is 10.6 Å². The normalized spacial score (nSPS) is 11.6. The third-order valence-electron chi connectivity index (χ3n) is 3.04. The van der Waals surface area contributed by atoms with E-state index in [1.807, 2.05) is 11.8 Å². The van der Waals surface area contributed by atoms with Gasteiger partial charge in [0.1, 0.15) is 0 Å². The number of esters is 1. The highest BCUT2D eigenvalue weighted by atomic mass is 127.